The Morgan fingerprint density at radius 3 is 2.85 bits per heavy atom. The van der Waals surface area contributed by atoms with E-state index in [9.17, 15) is 5.11 Å². The Kier molecular flexibility index (Phi) is 2.89. The van der Waals surface area contributed by atoms with Crippen LogP contribution in [0.15, 0.2) is 0 Å². The molecule has 2 atom stereocenters. The van der Waals surface area contributed by atoms with Crippen LogP contribution in [0.4, 0.5) is 0 Å². The van der Waals surface area contributed by atoms with E-state index >= 15 is 0 Å². The highest BCUT2D eigenvalue weighted by molar-refractivity contribution is 8.00. The smallest absolute Gasteiger partial charge is 0.0684 e. The van der Waals surface area contributed by atoms with Crippen LogP contribution in [-0.4, -0.2) is 21.7 Å². The summed E-state index contributed by atoms with van der Waals surface area (Å²) in [6.07, 6.45) is 7.57. The molecule has 1 heterocycles. The molecule has 2 rings (SSSR count). The average molecular weight is 200 g/mol. The number of thioether (sulfide) groups is 1. The summed E-state index contributed by atoms with van der Waals surface area (Å²) in [4.78, 5) is 0. The van der Waals surface area contributed by atoms with Crippen molar-refractivity contribution >= 4 is 11.8 Å². The molecule has 2 fully saturated rings. The molecule has 0 aromatic rings. The molecule has 2 unspecified atom stereocenters. The van der Waals surface area contributed by atoms with Gasteiger partial charge in [0.1, 0.15) is 0 Å². The fraction of sp³-hybridized carbons (Fsp3) is 1.00. The van der Waals surface area contributed by atoms with Crippen molar-refractivity contribution < 1.29 is 5.11 Å². The van der Waals surface area contributed by atoms with E-state index in [0.717, 1.165) is 12.3 Å². The minimum absolute atomic E-state index is 0.0550. The van der Waals surface area contributed by atoms with Crippen molar-refractivity contribution in [3.05, 3.63) is 0 Å². The van der Waals surface area contributed by atoms with E-state index in [1.165, 1.54) is 37.9 Å². The molecule has 0 aromatic carbocycles. The molecule has 13 heavy (non-hydrogen) atoms. The van der Waals surface area contributed by atoms with Gasteiger partial charge in [0.05, 0.1) is 6.10 Å². The summed E-state index contributed by atoms with van der Waals surface area (Å²) in [5.41, 5.74) is 0. The second-order valence-corrected chi connectivity index (χ2v) is 6.43. The maximum atomic E-state index is 10.1. The normalized spacial score (nSPS) is 36.5. The van der Waals surface area contributed by atoms with Gasteiger partial charge in [-0.2, -0.15) is 11.8 Å². The fourth-order valence-electron chi connectivity index (χ4n) is 2.17. The minimum atomic E-state index is -0.0550. The summed E-state index contributed by atoms with van der Waals surface area (Å²) in [6.45, 7) is 2.24. The van der Waals surface area contributed by atoms with E-state index in [1.54, 1.807) is 0 Å². The summed E-state index contributed by atoms with van der Waals surface area (Å²) < 4.78 is 0.189. The van der Waals surface area contributed by atoms with Crippen molar-refractivity contribution in [1.82, 2.24) is 0 Å². The van der Waals surface area contributed by atoms with Crippen molar-refractivity contribution in [3.63, 3.8) is 0 Å². The third-order valence-corrected chi connectivity index (χ3v) is 5.13. The molecule has 2 aliphatic rings. The van der Waals surface area contributed by atoms with Crippen molar-refractivity contribution in [3.8, 4) is 0 Å². The Labute approximate surface area is 85.3 Å². The van der Waals surface area contributed by atoms with Gasteiger partial charge in [0.15, 0.2) is 0 Å². The number of hydrogen-bond acceptors (Lipinski definition) is 2. The molecule has 0 aromatic heterocycles. The summed E-state index contributed by atoms with van der Waals surface area (Å²) in [6, 6.07) is 0. The van der Waals surface area contributed by atoms with Gasteiger partial charge in [-0.25, -0.2) is 0 Å². The molecule has 0 spiro atoms. The summed E-state index contributed by atoms with van der Waals surface area (Å²) in [7, 11) is 0. The second kappa shape index (κ2) is 3.82. The van der Waals surface area contributed by atoms with Crippen LogP contribution in [-0.2, 0) is 0 Å². The van der Waals surface area contributed by atoms with Crippen molar-refractivity contribution in [2.75, 3.05) is 5.75 Å². The molecule has 1 aliphatic heterocycles. The van der Waals surface area contributed by atoms with E-state index < -0.39 is 0 Å². The Morgan fingerprint density at radius 2 is 2.31 bits per heavy atom. The van der Waals surface area contributed by atoms with E-state index in [4.69, 9.17) is 0 Å². The molecule has 1 nitrogen and oxygen atoms in total. The van der Waals surface area contributed by atoms with Crippen LogP contribution < -0.4 is 0 Å². The van der Waals surface area contributed by atoms with Gasteiger partial charge in [0.2, 0.25) is 0 Å². The van der Waals surface area contributed by atoms with Gasteiger partial charge < -0.3 is 5.11 Å². The Balaban J connectivity index is 1.76. The summed E-state index contributed by atoms with van der Waals surface area (Å²) in [5, 5.41) is 10.1. The van der Waals surface area contributed by atoms with Gasteiger partial charge >= 0.3 is 0 Å². The number of hydrogen-bond donors (Lipinski definition) is 1. The van der Waals surface area contributed by atoms with Crippen LogP contribution >= 0.6 is 11.8 Å². The van der Waals surface area contributed by atoms with Crippen molar-refractivity contribution in [2.24, 2.45) is 5.92 Å². The van der Waals surface area contributed by atoms with Gasteiger partial charge in [-0.15, -0.1) is 0 Å². The fourth-order valence-corrected chi connectivity index (χ4v) is 3.52. The lowest BCUT2D eigenvalue weighted by molar-refractivity contribution is 0.120. The first-order chi connectivity index (χ1) is 6.21. The average Bonchev–Trinajstić information content (AvgIpc) is 2.84. The Morgan fingerprint density at radius 1 is 1.54 bits per heavy atom. The largest absolute Gasteiger partial charge is 0.392 e. The SMILES string of the molecule is CC1(C(O)CCC2CC2)CCCS1. The van der Waals surface area contributed by atoms with E-state index in [2.05, 4.69) is 6.92 Å². The van der Waals surface area contributed by atoms with Gasteiger partial charge in [-0.1, -0.05) is 12.8 Å². The zero-order valence-corrected chi connectivity index (χ0v) is 9.28. The first-order valence-electron chi connectivity index (χ1n) is 5.53. The predicted octanol–water partition coefficient (Wildman–Crippen LogP) is 2.82. The molecule has 0 bridgehead atoms. The molecule has 2 heteroatoms. The van der Waals surface area contributed by atoms with Gasteiger partial charge in [-0.05, 0) is 44.3 Å². The van der Waals surface area contributed by atoms with E-state index in [-0.39, 0.29) is 10.9 Å². The lowest BCUT2D eigenvalue weighted by atomic mass is 9.94. The molecule has 1 saturated heterocycles. The van der Waals surface area contributed by atoms with Crippen molar-refractivity contribution in [2.45, 2.75) is 56.3 Å². The molecule has 0 radical (unpaired) electrons. The molecule has 0 amide bonds. The standard InChI is InChI=1S/C11H20OS/c1-11(7-2-8-13-11)10(12)6-5-9-3-4-9/h9-10,12H,2-8H2,1H3. The monoisotopic (exact) mass is 200 g/mol. The lowest BCUT2D eigenvalue weighted by Gasteiger charge is -2.29. The predicted molar refractivity (Wildman–Crippen MR) is 58.1 cm³/mol. The quantitative estimate of drug-likeness (QED) is 0.753. The van der Waals surface area contributed by atoms with Crippen LogP contribution in [0.5, 0.6) is 0 Å². The molecule has 1 aliphatic carbocycles. The van der Waals surface area contributed by atoms with Gasteiger partial charge in [0, 0.05) is 4.75 Å². The summed E-state index contributed by atoms with van der Waals surface area (Å²) in [5.74, 6) is 2.21. The highest BCUT2D eigenvalue weighted by atomic mass is 32.2. The molecule has 1 N–H and O–H groups in total. The highest BCUT2D eigenvalue weighted by Crippen LogP contribution is 2.43. The molecule has 76 valence electrons. The van der Waals surface area contributed by atoms with E-state index in [1.807, 2.05) is 11.8 Å². The second-order valence-electron chi connectivity index (χ2n) is 4.80. The lowest BCUT2D eigenvalue weighted by Crippen LogP contribution is -2.33. The van der Waals surface area contributed by atoms with Crippen LogP contribution in [0.3, 0.4) is 0 Å². The molecule has 1 saturated carbocycles. The number of aliphatic hydroxyl groups is 1. The highest BCUT2D eigenvalue weighted by Gasteiger charge is 2.37. The maximum absolute atomic E-state index is 10.1. The topological polar surface area (TPSA) is 20.2 Å². The first kappa shape index (κ1) is 9.85. The zero-order chi connectivity index (χ0) is 9.31. The van der Waals surface area contributed by atoms with E-state index in [0.29, 0.717) is 0 Å². The zero-order valence-electron chi connectivity index (χ0n) is 8.46. The third-order valence-electron chi connectivity index (χ3n) is 3.50. The minimum Gasteiger partial charge on any atom is -0.392 e. The van der Waals surface area contributed by atoms with Crippen LogP contribution in [0, 0.1) is 5.92 Å². The third kappa shape index (κ3) is 2.41. The van der Waals surface area contributed by atoms with Crippen molar-refractivity contribution in [1.29, 1.82) is 0 Å². The van der Waals surface area contributed by atoms with Crippen LogP contribution in [0.1, 0.15) is 45.4 Å². The Bertz CT molecular complexity index is 171. The maximum Gasteiger partial charge on any atom is 0.0684 e. The van der Waals surface area contributed by atoms with Gasteiger partial charge in [-0.3, -0.25) is 0 Å². The molecular weight excluding hydrogens is 180 g/mol. The Hall–Kier alpha value is 0.310. The molecular formula is C11H20OS. The van der Waals surface area contributed by atoms with Gasteiger partial charge in [0.25, 0.3) is 0 Å². The first-order valence-corrected chi connectivity index (χ1v) is 6.51. The number of aliphatic hydroxyl groups excluding tert-OH is 1. The number of rotatable bonds is 4. The summed E-state index contributed by atoms with van der Waals surface area (Å²) >= 11 is 1.97. The van der Waals surface area contributed by atoms with Crippen LogP contribution in [0.25, 0.3) is 0 Å². The van der Waals surface area contributed by atoms with Crippen LogP contribution in [0.2, 0.25) is 0 Å².